The molecule has 0 unspecified atom stereocenters. The first-order valence-electron chi connectivity index (χ1n) is 4.66. The number of imidazole rings is 1. The van der Waals surface area contributed by atoms with Crippen molar-refractivity contribution in [2.45, 2.75) is 11.6 Å². The molecule has 1 aromatic carbocycles. The van der Waals surface area contributed by atoms with E-state index in [2.05, 4.69) is 4.98 Å². The first-order chi connectivity index (χ1) is 7.57. The van der Waals surface area contributed by atoms with Crippen LogP contribution in [0.25, 0.3) is 11.4 Å². The van der Waals surface area contributed by atoms with E-state index in [1.54, 1.807) is 4.57 Å². The molecule has 0 saturated heterocycles. The zero-order chi connectivity index (χ0) is 11.3. The lowest BCUT2D eigenvalue weighted by atomic mass is 10.1. The monoisotopic (exact) mass is 254 g/mol. The topological polar surface area (TPSA) is 52.0 Å². The Kier molecular flexibility index (Phi) is 1.90. The van der Waals surface area contributed by atoms with Crippen LogP contribution in [0.1, 0.15) is 5.56 Å². The fourth-order valence-corrected chi connectivity index (χ4v) is 2.93. The minimum absolute atomic E-state index is 0.0559. The maximum atomic E-state index is 11.3. The molecule has 0 bridgehead atoms. The summed E-state index contributed by atoms with van der Waals surface area (Å²) in [5.74, 6) is 0.662. The highest BCUT2D eigenvalue weighted by molar-refractivity contribution is 8.13. The van der Waals surface area contributed by atoms with Gasteiger partial charge in [-0.3, -0.25) is 0 Å². The number of halogens is 1. The van der Waals surface area contributed by atoms with Crippen LogP contribution < -0.4 is 0 Å². The van der Waals surface area contributed by atoms with Gasteiger partial charge in [-0.2, -0.15) is 0 Å². The lowest BCUT2D eigenvalue weighted by molar-refractivity contribution is 0.597. The second-order valence-corrected chi connectivity index (χ2v) is 6.11. The highest BCUT2D eigenvalue weighted by Gasteiger charge is 2.26. The summed E-state index contributed by atoms with van der Waals surface area (Å²) in [5.41, 5.74) is 2.03. The Labute approximate surface area is 96.9 Å². The first kappa shape index (κ1) is 9.86. The molecule has 0 atom stereocenters. The summed E-state index contributed by atoms with van der Waals surface area (Å²) in [5, 5.41) is 0.0559. The van der Waals surface area contributed by atoms with Gasteiger partial charge in [0.1, 0.15) is 5.82 Å². The van der Waals surface area contributed by atoms with Gasteiger partial charge >= 0.3 is 0 Å². The zero-order valence-corrected chi connectivity index (χ0v) is 9.66. The molecule has 0 spiro atoms. The molecule has 82 valence electrons. The Morgan fingerprint density at radius 1 is 1.31 bits per heavy atom. The van der Waals surface area contributed by atoms with Crippen molar-refractivity contribution in [1.29, 1.82) is 0 Å². The van der Waals surface area contributed by atoms with E-state index in [0.29, 0.717) is 12.4 Å². The van der Waals surface area contributed by atoms with Crippen LogP contribution >= 0.6 is 10.7 Å². The molecule has 4 nitrogen and oxygen atoms in total. The predicted octanol–water partition coefficient (Wildman–Crippen LogP) is 1.84. The predicted molar refractivity (Wildman–Crippen MR) is 59.8 cm³/mol. The molecule has 0 radical (unpaired) electrons. The summed E-state index contributed by atoms with van der Waals surface area (Å²) in [6.07, 6.45) is 1.30. The van der Waals surface area contributed by atoms with Crippen molar-refractivity contribution in [1.82, 2.24) is 9.55 Å². The van der Waals surface area contributed by atoms with Crippen molar-refractivity contribution in [2.24, 2.45) is 0 Å². The molecule has 0 saturated carbocycles. The number of benzene rings is 1. The third-order valence-corrected chi connectivity index (χ3v) is 3.96. The average molecular weight is 255 g/mol. The lowest BCUT2D eigenvalue weighted by Crippen LogP contribution is -2.02. The van der Waals surface area contributed by atoms with Crippen LogP contribution in [-0.4, -0.2) is 18.0 Å². The minimum atomic E-state index is -3.73. The molecular formula is C10H7ClN2O2S. The van der Waals surface area contributed by atoms with Gasteiger partial charge in [0.25, 0.3) is 9.05 Å². The lowest BCUT2D eigenvalue weighted by Gasteiger charge is -1.99. The van der Waals surface area contributed by atoms with E-state index < -0.39 is 9.05 Å². The number of rotatable bonds is 1. The summed E-state index contributed by atoms with van der Waals surface area (Å²) in [4.78, 5) is 4.10. The molecule has 0 aliphatic carbocycles. The molecule has 16 heavy (non-hydrogen) atoms. The van der Waals surface area contributed by atoms with Gasteiger partial charge in [-0.1, -0.05) is 24.3 Å². The Morgan fingerprint density at radius 2 is 2.06 bits per heavy atom. The molecule has 2 aromatic rings. The molecule has 6 heteroatoms. The molecule has 1 aliphatic heterocycles. The van der Waals surface area contributed by atoms with Gasteiger partial charge < -0.3 is 4.57 Å². The van der Waals surface area contributed by atoms with Gasteiger partial charge in [0.15, 0.2) is 5.03 Å². The SMILES string of the molecule is O=S(=O)(Cl)c1cnc2n1Cc1ccccc1-2. The molecular weight excluding hydrogens is 248 g/mol. The summed E-state index contributed by atoms with van der Waals surface area (Å²) >= 11 is 0. The zero-order valence-electron chi connectivity index (χ0n) is 8.09. The molecule has 1 aromatic heterocycles. The van der Waals surface area contributed by atoms with Crippen LogP contribution in [0.4, 0.5) is 0 Å². The molecule has 1 aliphatic rings. The molecule has 0 amide bonds. The first-order valence-corrected chi connectivity index (χ1v) is 6.97. The molecule has 0 N–H and O–H groups in total. The maximum absolute atomic E-state index is 11.3. The third kappa shape index (κ3) is 1.28. The minimum Gasteiger partial charge on any atom is -0.310 e. The van der Waals surface area contributed by atoms with Gasteiger partial charge in [-0.15, -0.1) is 0 Å². The number of hydrogen-bond acceptors (Lipinski definition) is 3. The van der Waals surface area contributed by atoms with E-state index in [9.17, 15) is 8.42 Å². The van der Waals surface area contributed by atoms with E-state index in [-0.39, 0.29) is 5.03 Å². The van der Waals surface area contributed by atoms with Crippen molar-refractivity contribution < 1.29 is 8.42 Å². The van der Waals surface area contributed by atoms with Crippen molar-refractivity contribution in [3.8, 4) is 11.4 Å². The normalized spacial score (nSPS) is 13.6. The van der Waals surface area contributed by atoms with Crippen LogP contribution in [0.2, 0.25) is 0 Å². The highest BCUT2D eigenvalue weighted by Crippen LogP contribution is 2.33. The van der Waals surface area contributed by atoms with E-state index in [0.717, 1.165) is 11.1 Å². The van der Waals surface area contributed by atoms with Gasteiger partial charge in [-0.25, -0.2) is 13.4 Å². The van der Waals surface area contributed by atoms with Gasteiger partial charge in [0.05, 0.1) is 12.7 Å². The van der Waals surface area contributed by atoms with E-state index >= 15 is 0 Å². The smallest absolute Gasteiger partial charge is 0.278 e. The average Bonchev–Trinajstić information content (AvgIpc) is 2.73. The summed E-state index contributed by atoms with van der Waals surface area (Å²) in [7, 11) is 1.61. The van der Waals surface area contributed by atoms with Crippen LogP contribution in [0.5, 0.6) is 0 Å². The van der Waals surface area contributed by atoms with Crippen LogP contribution in [0, 0.1) is 0 Å². The second-order valence-electron chi connectivity index (χ2n) is 3.60. The molecule has 3 rings (SSSR count). The molecule has 0 fully saturated rings. The Morgan fingerprint density at radius 3 is 2.81 bits per heavy atom. The van der Waals surface area contributed by atoms with Crippen molar-refractivity contribution in [2.75, 3.05) is 0 Å². The quantitative estimate of drug-likeness (QED) is 0.623. The van der Waals surface area contributed by atoms with Crippen molar-refractivity contribution in [3.05, 3.63) is 36.0 Å². The Balaban J connectivity index is 2.27. The van der Waals surface area contributed by atoms with Crippen molar-refractivity contribution >= 4 is 19.7 Å². The fraction of sp³-hybridized carbons (Fsp3) is 0.100. The van der Waals surface area contributed by atoms with E-state index in [4.69, 9.17) is 10.7 Å². The van der Waals surface area contributed by atoms with Crippen LogP contribution in [-0.2, 0) is 15.6 Å². The molecule has 2 heterocycles. The number of nitrogens with zero attached hydrogens (tertiary/aromatic N) is 2. The second kappa shape index (κ2) is 3.09. The highest BCUT2D eigenvalue weighted by atomic mass is 35.7. The standard InChI is InChI=1S/C10H7ClN2O2S/c11-16(14,15)9-5-12-10-8-4-2-1-3-7(8)6-13(9)10/h1-5H,6H2. The van der Waals surface area contributed by atoms with Gasteiger partial charge in [0.2, 0.25) is 0 Å². The third-order valence-electron chi connectivity index (χ3n) is 2.66. The van der Waals surface area contributed by atoms with E-state index in [1.807, 2.05) is 24.3 Å². The van der Waals surface area contributed by atoms with Crippen LogP contribution in [0.15, 0.2) is 35.5 Å². The Bertz CT molecular complexity index is 676. The summed E-state index contributed by atoms with van der Waals surface area (Å²) < 4.78 is 24.2. The maximum Gasteiger partial charge on any atom is 0.278 e. The largest absolute Gasteiger partial charge is 0.310 e. The van der Waals surface area contributed by atoms with Crippen LogP contribution in [0.3, 0.4) is 0 Å². The number of hydrogen-bond donors (Lipinski definition) is 0. The summed E-state index contributed by atoms with van der Waals surface area (Å²) in [6.45, 7) is 0.507. The summed E-state index contributed by atoms with van der Waals surface area (Å²) in [6, 6.07) is 7.69. The fourth-order valence-electron chi connectivity index (χ4n) is 1.97. The van der Waals surface area contributed by atoms with E-state index in [1.165, 1.54) is 6.20 Å². The van der Waals surface area contributed by atoms with Gasteiger partial charge in [0, 0.05) is 16.2 Å². The number of fused-ring (bicyclic) bond motifs is 3. The Hall–Kier alpha value is -1.33. The number of aromatic nitrogens is 2. The van der Waals surface area contributed by atoms with Gasteiger partial charge in [-0.05, 0) is 5.56 Å². The van der Waals surface area contributed by atoms with Crippen molar-refractivity contribution in [3.63, 3.8) is 0 Å².